The molecule has 0 spiro atoms. The Kier molecular flexibility index (Phi) is 29.7. The van der Waals surface area contributed by atoms with Crippen molar-refractivity contribution in [1.82, 2.24) is 21.3 Å². The number of amides is 4. The first-order chi connectivity index (χ1) is 57.0. The zero-order chi connectivity index (χ0) is 85.3. The first kappa shape index (κ1) is 89.3. The maximum absolute atomic E-state index is 13.3. The summed E-state index contributed by atoms with van der Waals surface area (Å²) in [6.45, 7) is 43.3. The van der Waals surface area contributed by atoms with Gasteiger partial charge in [0.1, 0.15) is 38.7 Å². The van der Waals surface area contributed by atoms with Crippen molar-refractivity contribution in [3.05, 3.63) is 256 Å². The van der Waals surface area contributed by atoms with Gasteiger partial charge < -0.3 is 59.5 Å². The molecule has 5 heterocycles. The van der Waals surface area contributed by atoms with Crippen LogP contribution in [0, 0.1) is 6.92 Å². The van der Waals surface area contributed by atoms with Crippen molar-refractivity contribution in [2.45, 2.75) is 222 Å². The zero-order valence-electron chi connectivity index (χ0n) is 73.9. The lowest BCUT2D eigenvalue weighted by Crippen LogP contribution is -2.41. The number of rotatable bonds is 38. The fourth-order valence-electron chi connectivity index (χ4n) is 17.4. The molecule has 0 bridgehead atoms. The summed E-state index contributed by atoms with van der Waals surface area (Å²) < 4.78 is 35.6. The number of nitrogens with zero attached hydrogens (tertiary/aromatic N) is 5. The lowest BCUT2D eigenvalue weighted by Gasteiger charge is -2.32. The van der Waals surface area contributed by atoms with Crippen molar-refractivity contribution < 1.29 is 51.8 Å². The van der Waals surface area contributed by atoms with Crippen LogP contribution in [-0.2, 0) is 69.9 Å². The molecule has 0 radical (unpaired) electrons. The van der Waals surface area contributed by atoms with E-state index in [-0.39, 0.29) is 79.5 Å². The third-order valence-electron chi connectivity index (χ3n) is 24.7. The molecule has 11 rings (SSSR count). The molecule has 19 heteroatoms. The predicted molar refractivity (Wildman–Crippen MR) is 486 cm³/mol. The van der Waals surface area contributed by atoms with Gasteiger partial charge in [-0.2, -0.15) is 9.15 Å². The molecule has 1 saturated heterocycles. The number of aryl methyl sites for hydroxylation is 1. The molecule has 0 aliphatic carbocycles. The van der Waals surface area contributed by atoms with E-state index in [9.17, 15) is 19.2 Å². The molecule has 0 unspecified atom stereocenters. The average molecular weight is 1610 g/mol. The number of unbranched alkanes of at least 4 members (excludes halogenated alkanes) is 4. The summed E-state index contributed by atoms with van der Waals surface area (Å²) in [4.78, 5) is 60.2. The average Bonchev–Trinajstić information content (AvgIpc) is 1.61. The SMILES string of the molecule is CCN(CC)c1ccc2c(c1)C(C)(C)C(/C=C/C=C/C=C/C=C1/N(CCCCCC(=O)NCCNC(=O)OCc3cc(C)cc(COC(=O)NCCNC(=O)CCCCCN4/C(=C/C=C/C=C/C5=[N+](CC)c6ccccc6C5(C)C)C(C)(C)c5ccccc54)c3OCc3ccc(B4OC(C)(C)C(C)(C)O4)cc3)c3ccccc3C1(C)C)=[N+]2CC. The molecule has 0 saturated carbocycles. The van der Waals surface area contributed by atoms with Crippen molar-refractivity contribution in [2.75, 3.05) is 80.1 Å². The van der Waals surface area contributed by atoms with Crippen LogP contribution in [0.25, 0.3) is 0 Å². The second-order valence-corrected chi connectivity index (χ2v) is 34.8. The molecule has 630 valence electrons. The molecule has 0 aromatic heterocycles. The summed E-state index contributed by atoms with van der Waals surface area (Å²) in [6.07, 6.45) is 30.5. The van der Waals surface area contributed by atoms with Gasteiger partial charge in [0.05, 0.1) is 22.0 Å². The van der Waals surface area contributed by atoms with Crippen LogP contribution in [0.15, 0.2) is 212 Å². The Labute approximate surface area is 709 Å². The highest BCUT2D eigenvalue weighted by Crippen LogP contribution is 2.50. The Balaban J connectivity index is 0.616. The molecule has 4 N–H and O–H groups in total. The van der Waals surface area contributed by atoms with E-state index in [1.165, 1.54) is 73.5 Å². The number of hydrogen-bond donors (Lipinski definition) is 4. The van der Waals surface area contributed by atoms with E-state index < -0.39 is 30.5 Å². The van der Waals surface area contributed by atoms with Gasteiger partial charge in [0.25, 0.3) is 0 Å². The minimum absolute atomic E-state index is 0.0810. The van der Waals surface area contributed by atoms with Crippen LogP contribution in [0.3, 0.4) is 0 Å². The predicted octanol–water partition coefficient (Wildman–Crippen LogP) is 18.9. The molecular formula is C100H130BN9O9+2. The zero-order valence-corrected chi connectivity index (χ0v) is 73.9. The standard InChI is InChI=1S/C100H128BN9O9/c1-18-106(19-2)77-58-59-85-81(68-77)98(12,13)87(108(85)21-4)48-28-23-22-24-29-50-88-96(8,9)79-43-35-38-46-83(79)109(88)64-40-26-32-52-90(111)102-60-62-104-93(113)116-70-74-66-72(5)67-75(92(74)115-69-73-54-56-76(57-55-73)101-118-99(14,15)100(16,17)119-101)71-117-94(114)105-63-61-103-91(112)53-33-27-41-65-110-84-47-39-36-44-80(84)97(10,11)89(110)51-31-25-30-49-86-95(6,7)78-42-34-37-45-82(78)107(86)20-3/h22-25,28-31,34-39,42-51,54-59,66-68H,18-21,26-27,32-33,40-41,52-53,60-65,69-71H2,1-17H3,(H2-2,102,103,104,105,111,112,113,114)/p+2. The molecule has 1 fully saturated rings. The summed E-state index contributed by atoms with van der Waals surface area (Å²) in [5.74, 6) is 0.240. The van der Waals surface area contributed by atoms with Crippen LogP contribution >= 0.6 is 0 Å². The monoisotopic (exact) mass is 1610 g/mol. The van der Waals surface area contributed by atoms with E-state index in [0.29, 0.717) is 29.7 Å². The Bertz CT molecular complexity index is 4900. The number of carbonyl (C=O) groups excluding carboxylic acids is 4. The van der Waals surface area contributed by atoms with E-state index in [2.05, 4.69) is 292 Å². The van der Waals surface area contributed by atoms with Crippen molar-refractivity contribution in [1.29, 1.82) is 0 Å². The number of anilines is 3. The highest BCUT2D eigenvalue weighted by atomic mass is 16.7. The third-order valence-corrected chi connectivity index (χ3v) is 24.7. The van der Waals surface area contributed by atoms with E-state index in [4.69, 9.17) is 23.5 Å². The summed E-state index contributed by atoms with van der Waals surface area (Å²) in [5, 5.41) is 11.5. The van der Waals surface area contributed by atoms with Gasteiger partial charge >= 0.3 is 19.3 Å². The van der Waals surface area contributed by atoms with Crippen molar-refractivity contribution in [2.24, 2.45) is 0 Å². The second-order valence-electron chi connectivity index (χ2n) is 34.8. The molecule has 119 heavy (non-hydrogen) atoms. The van der Waals surface area contributed by atoms with Gasteiger partial charge in [0, 0.05) is 151 Å². The van der Waals surface area contributed by atoms with Crippen LogP contribution < -0.4 is 46.2 Å². The van der Waals surface area contributed by atoms with Crippen LogP contribution in [0.5, 0.6) is 5.75 Å². The number of carbonyl (C=O) groups is 4. The molecule has 4 amide bonds. The van der Waals surface area contributed by atoms with Gasteiger partial charge in [-0.05, 0) is 186 Å². The van der Waals surface area contributed by atoms with Crippen LogP contribution in [0.2, 0.25) is 0 Å². The van der Waals surface area contributed by atoms with Crippen molar-refractivity contribution in [3.63, 3.8) is 0 Å². The number of alkyl carbamates (subject to hydrolysis) is 2. The Morgan fingerprint density at radius 1 is 0.462 bits per heavy atom. The van der Waals surface area contributed by atoms with Gasteiger partial charge in [-0.1, -0.05) is 174 Å². The van der Waals surface area contributed by atoms with Gasteiger partial charge in [-0.15, -0.1) is 0 Å². The fraction of sp³-hybridized carbons (Fsp3) is 0.440. The quantitative estimate of drug-likeness (QED) is 0.0125. The van der Waals surface area contributed by atoms with E-state index >= 15 is 0 Å². The van der Waals surface area contributed by atoms with E-state index in [1.807, 2.05) is 71.0 Å². The molecular weight excluding hydrogens is 1480 g/mol. The number of para-hydroxylation sites is 3. The Hall–Kier alpha value is -10.5. The molecule has 5 aliphatic rings. The minimum atomic E-state index is -0.668. The van der Waals surface area contributed by atoms with Crippen molar-refractivity contribution in [3.8, 4) is 5.75 Å². The Morgan fingerprint density at radius 3 is 1.39 bits per heavy atom. The maximum Gasteiger partial charge on any atom is 0.494 e. The Morgan fingerprint density at radius 2 is 0.899 bits per heavy atom. The van der Waals surface area contributed by atoms with Gasteiger partial charge in [-0.3, -0.25) is 9.59 Å². The molecule has 0 atom stereocenters. The smallest absolute Gasteiger partial charge is 0.488 e. The van der Waals surface area contributed by atoms with E-state index in [0.717, 1.165) is 94.4 Å². The highest BCUT2D eigenvalue weighted by Gasteiger charge is 2.52. The summed E-state index contributed by atoms with van der Waals surface area (Å²) in [7, 11) is -0.529. The minimum Gasteiger partial charge on any atom is -0.488 e. The van der Waals surface area contributed by atoms with Gasteiger partial charge in [0.2, 0.25) is 23.2 Å². The number of allylic oxidation sites excluding steroid dienone is 14. The first-order valence-electron chi connectivity index (χ1n) is 43.3. The van der Waals surface area contributed by atoms with Gasteiger partial charge in [-0.25, -0.2) is 9.59 Å². The largest absolute Gasteiger partial charge is 0.494 e. The molecule has 18 nitrogen and oxygen atoms in total. The van der Waals surface area contributed by atoms with E-state index in [1.54, 1.807) is 0 Å². The first-order valence-corrected chi connectivity index (χ1v) is 43.3. The maximum atomic E-state index is 13.3. The van der Waals surface area contributed by atoms with Gasteiger partial charge in [0.15, 0.2) is 11.4 Å². The van der Waals surface area contributed by atoms with Crippen molar-refractivity contribution >= 4 is 76.4 Å². The molecule has 6 aromatic rings. The third kappa shape index (κ3) is 20.9. The number of nitrogens with one attached hydrogen (secondary N) is 4. The van der Waals surface area contributed by atoms with Crippen LogP contribution in [0.4, 0.5) is 38.0 Å². The lowest BCUT2D eigenvalue weighted by molar-refractivity contribution is -0.433. The topological polar surface area (TPSA) is 178 Å². The fourth-order valence-corrected chi connectivity index (χ4v) is 17.4. The highest BCUT2D eigenvalue weighted by molar-refractivity contribution is 6.62. The molecule has 5 aliphatic heterocycles. The number of hydrogen-bond acceptors (Lipinski definition) is 12. The number of fused-ring (bicyclic) bond motifs is 4. The van der Waals surface area contributed by atoms with Crippen LogP contribution in [-0.4, -0.2) is 128 Å². The summed E-state index contributed by atoms with van der Waals surface area (Å²) in [6, 6.07) is 44.5. The molecule has 6 aromatic carbocycles. The summed E-state index contributed by atoms with van der Waals surface area (Å²) in [5.41, 5.74) is 18.8. The number of benzene rings is 6. The summed E-state index contributed by atoms with van der Waals surface area (Å²) >= 11 is 0. The second kappa shape index (κ2) is 39.6. The van der Waals surface area contributed by atoms with Crippen LogP contribution in [0.1, 0.15) is 207 Å². The number of ether oxygens (including phenoxy) is 3. The normalized spacial score (nSPS) is 17.7. The lowest BCUT2D eigenvalue weighted by atomic mass is 9.79.